The molecule has 0 unspecified atom stereocenters. The predicted molar refractivity (Wildman–Crippen MR) is 63.5 cm³/mol. The monoisotopic (exact) mass is 197 g/mol. The highest BCUT2D eigenvalue weighted by atomic mass is 14.9. The maximum atomic E-state index is 3.75. The minimum absolute atomic E-state index is 0.638. The quantitative estimate of drug-likeness (QED) is 0.710. The lowest BCUT2D eigenvalue weighted by atomic mass is 9.90. The van der Waals surface area contributed by atoms with Gasteiger partial charge in [0.1, 0.15) is 0 Å². The average molecular weight is 197 g/mol. The minimum Gasteiger partial charge on any atom is -0.311 e. The number of rotatable bonds is 5. The molecule has 84 valence electrons. The molecule has 1 nitrogen and oxygen atoms in total. The van der Waals surface area contributed by atoms with Gasteiger partial charge in [0.15, 0.2) is 0 Å². The summed E-state index contributed by atoms with van der Waals surface area (Å²) in [6, 6.07) is 1.41. The summed E-state index contributed by atoms with van der Waals surface area (Å²) in [6.45, 7) is 9.21. The van der Waals surface area contributed by atoms with E-state index in [0.29, 0.717) is 6.04 Å². The molecule has 0 saturated heterocycles. The van der Waals surface area contributed by atoms with Crippen LogP contribution in [0.15, 0.2) is 0 Å². The topological polar surface area (TPSA) is 12.0 Å². The lowest BCUT2D eigenvalue weighted by molar-refractivity contribution is 0.292. The third-order valence-electron chi connectivity index (χ3n) is 3.24. The third kappa shape index (κ3) is 4.00. The highest BCUT2D eigenvalue weighted by Gasteiger charge is 2.25. The molecular formula is C13H27N. The summed E-state index contributed by atoms with van der Waals surface area (Å²) in [5.41, 5.74) is 0. The van der Waals surface area contributed by atoms with E-state index in [2.05, 4.69) is 33.0 Å². The molecule has 1 fully saturated rings. The highest BCUT2D eigenvalue weighted by molar-refractivity contribution is 4.82. The summed E-state index contributed by atoms with van der Waals surface area (Å²) in [7, 11) is 0. The van der Waals surface area contributed by atoms with Crippen LogP contribution in [-0.2, 0) is 0 Å². The summed E-state index contributed by atoms with van der Waals surface area (Å²) >= 11 is 0. The fourth-order valence-electron chi connectivity index (χ4n) is 2.69. The second-order valence-corrected chi connectivity index (χ2v) is 5.60. The van der Waals surface area contributed by atoms with Crippen molar-refractivity contribution in [3.63, 3.8) is 0 Å². The Hall–Kier alpha value is -0.0400. The van der Waals surface area contributed by atoms with Gasteiger partial charge in [0.05, 0.1) is 0 Å². The second kappa shape index (κ2) is 5.75. The lowest BCUT2D eigenvalue weighted by Crippen LogP contribution is -2.40. The summed E-state index contributed by atoms with van der Waals surface area (Å²) < 4.78 is 0. The Morgan fingerprint density at radius 2 is 1.64 bits per heavy atom. The summed E-state index contributed by atoms with van der Waals surface area (Å²) in [5.74, 6) is 1.78. The first-order chi connectivity index (χ1) is 6.59. The van der Waals surface area contributed by atoms with Crippen LogP contribution >= 0.6 is 0 Å². The first kappa shape index (κ1) is 12.0. The van der Waals surface area contributed by atoms with Gasteiger partial charge in [0.2, 0.25) is 0 Å². The van der Waals surface area contributed by atoms with E-state index in [1.54, 1.807) is 0 Å². The van der Waals surface area contributed by atoms with Gasteiger partial charge >= 0.3 is 0 Å². The van der Waals surface area contributed by atoms with Crippen molar-refractivity contribution >= 4 is 0 Å². The molecule has 1 heteroatoms. The van der Waals surface area contributed by atoms with Gasteiger partial charge in [-0.15, -0.1) is 0 Å². The number of nitrogens with one attached hydrogen (secondary N) is 1. The van der Waals surface area contributed by atoms with Crippen LogP contribution < -0.4 is 5.32 Å². The van der Waals surface area contributed by atoms with Crippen molar-refractivity contribution in [1.82, 2.24) is 5.32 Å². The van der Waals surface area contributed by atoms with Gasteiger partial charge in [-0.05, 0) is 31.1 Å². The van der Waals surface area contributed by atoms with Crippen molar-refractivity contribution < 1.29 is 0 Å². The Morgan fingerprint density at radius 1 is 1.07 bits per heavy atom. The van der Waals surface area contributed by atoms with Gasteiger partial charge in [-0.3, -0.25) is 0 Å². The molecule has 0 aromatic heterocycles. The van der Waals surface area contributed by atoms with Crippen molar-refractivity contribution in [3.05, 3.63) is 0 Å². The SMILES string of the molecule is CC(C)C[C@H](NC(C)C)C1CCCC1. The van der Waals surface area contributed by atoms with Gasteiger partial charge < -0.3 is 5.32 Å². The van der Waals surface area contributed by atoms with Gasteiger partial charge in [0.25, 0.3) is 0 Å². The van der Waals surface area contributed by atoms with Gasteiger partial charge in [-0.2, -0.15) is 0 Å². The Labute approximate surface area is 89.7 Å². The Balaban J connectivity index is 2.42. The molecule has 1 atom stereocenters. The molecule has 0 aromatic rings. The Morgan fingerprint density at radius 3 is 2.07 bits per heavy atom. The van der Waals surface area contributed by atoms with E-state index >= 15 is 0 Å². The Kier molecular flexibility index (Phi) is 4.94. The molecule has 0 heterocycles. The van der Waals surface area contributed by atoms with Crippen molar-refractivity contribution in [3.8, 4) is 0 Å². The minimum atomic E-state index is 0.638. The molecule has 1 saturated carbocycles. The maximum absolute atomic E-state index is 3.75. The smallest absolute Gasteiger partial charge is 0.0100 e. The maximum Gasteiger partial charge on any atom is 0.0100 e. The molecule has 1 aliphatic rings. The van der Waals surface area contributed by atoms with Crippen LogP contribution in [0, 0.1) is 11.8 Å². The van der Waals surface area contributed by atoms with Gasteiger partial charge in [-0.1, -0.05) is 40.5 Å². The fraction of sp³-hybridized carbons (Fsp3) is 1.00. The van der Waals surface area contributed by atoms with E-state index in [1.165, 1.54) is 32.1 Å². The zero-order valence-electron chi connectivity index (χ0n) is 10.3. The zero-order chi connectivity index (χ0) is 10.6. The van der Waals surface area contributed by atoms with Crippen LogP contribution in [0.1, 0.15) is 59.8 Å². The van der Waals surface area contributed by atoms with Crippen LogP contribution in [-0.4, -0.2) is 12.1 Å². The van der Waals surface area contributed by atoms with E-state index in [-0.39, 0.29) is 0 Å². The molecule has 0 bridgehead atoms. The van der Waals surface area contributed by atoms with Crippen LogP contribution in [0.3, 0.4) is 0 Å². The van der Waals surface area contributed by atoms with Crippen LogP contribution in [0.4, 0.5) is 0 Å². The molecule has 0 amide bonds. The normalized spacial score (nSPS) is 21.0. The largest absolute Gasteiger partial charge is 0.311 e. The first-order valence-corrected chi connectivity index (χ1v) is 6.35. The zero-order valence-corrected chi connectivity index (χ0v) is 10.3. The summed E-state index contributed by atoms with van der Waals surface area (Å²) in [5, 5.41) is 3.75. The molecule has 0 aromatic carbocycles. The molecule has 1 N–H and O–H groups in total. The van der Waals surface area contributed by atoms with E-state index in [0.717, 1.165) is 17.9 Å². The van der Waals surface area contributed by atoms with E-state index in [9.17, 15) is 0 Å². The van der Waals surface area contributed by atoms with Gasteiger partial charge in [0, 0.05) is 12.1 Å². The van der Waals surface area contributed by atoms with Crippen LogP contribution in [0.2, 0.25) is 0 Å². The summed E-state index contributed by atoms with van der Waals surface area (Å²) in [4.78, 5) is 0. The van der Waals surface area contributed by atoms with E-state index in [4.69, 9.17) is 0 Å². The average Bonchev–Trinajstić information content (AvgIpc) is 2.52. The third-order valence-corrected chi connectivity index (χ3v) is 3.24. The molecule has 14 heavy (non-hydrogen) atoms. The summed E-state index contributed by atoms with van der Waals surface area (Å²) in [6.07, 6.45) is 7.18. The molecular weight excluding hydrogens is 170 g/mol. The van der Waals surface area contributed by atoms with E-state index < -0.39 is 0 Å². The van der Waals surface area contributed by atoms with Gasteiger partial charge in [-0.25, -0.2) is 0 Å². The molecule has 1 rings (SSSR count). The second-order valence-electron chi connectivity index (χ2n) is 5.60. The van der Waals surface area contributed by atoms with Crippen LogP contribution in [0.25, 0.3) is 0 Å². The predicted octanol–water partition coefficient (Wildman–Crippen LogP) is 3.59. The molecule has 0 spiro atoms. The fourth-order valence-corrected chi connectivity index (χ4v) is 2.69. The molecule has 0 radical (unpaired) electrons. The molecule has 1 aliphatic carbocycles. The van der Waals surface area contributed by atoms with Crippen molar-refractivity contribution in [2.24, 2.45) is 11.8 Å². The van der Waals surface area contributed by atoms with Crippen molar-refractivity contribution in [2.45, 2.75) is 71.9 Å². The standard InChI is InChI=1S/C13H27N/c1-10(2)9-13(14-11(3)4)12-7-5-6-8-12/h10-14H,5-9H2,1-4H3/t13-/m0/s1. The van der Waals surface area contributed by atoms with Crippen molar-refractivity contribution in [2.75, 3.05) is 0 Å². The van der Waals surface area contributed by atoms with Crippen molar-refractivity contribution in [1.29, 1.82) is 0 Å². The first-order valence-electron chi connectivity index (χ1n) is 6.35. The lowest BCUT2D eigenvalue weighted by Gasteiger charge is -2.28. The number of hydrogen-bond donors (Lipinski definition) is 1. The Bertz CT molecular complexity index is 135. The molecule has 0 aliphatic heterocycles. The van der Waals surface area contributed by atoms with E-state index in [1.807, 2.05) is 0 Å². The van der Waals surface area contributed by atoms with Crippen LogP contribution in [0.5, 0.6) is 0 Å². The highest BCUT2D eigenvalue weighted by Crippen LogP contribution is 2.30. The number of hydrogen-bond acceptors (Lipinski definition) is 1.